The van der Waals surface area contributed by atoms with Crippen LogP contribution in [0, 0.1) is 18.6 Å². The van der Waals surface area contributed by atoms with E-state index in [1.165, 1.54) is 12.1 Å². The zero-order chi connectivity index (χ0) is 14.6. The molecule has 1 aromatic rings. The Hall–Kier alpha value is -0.650. The summed E-state index contributed by atoms with van der Waals surface area (Å²) in [4.78, 5) is 0. The summed E-state index contributed by atoms with van der Waals surface area (Å²) in [6, 6.07) is 2.14. The summed E-state index contributed by atoms with van der Waals surface area (Å²) in [7, 11) is 0. The first-order valence-electron chi connectivity index (χ1n) is 6.26. The van der Waals surface area contributed by atoms with Crippen molar-refractivity contribution in [2.24, 2.45) is 0 Å². The van der Waals surface area contributed by atoms with Crippen molar-refractivity contribution in [1.82, 2.24) is 5.32 Å². The van der Waals surface area contributed by atoms with E-state index >= 15 is 0 Å². The highest BCUT2D eigenvalue weighted by molar-refractivity contribution is 7.99. The highest BCUT2D eigenvalue weighted by Gasteiger charge is 2.20. The van der Waals surface area contributed by atoms with Crippen LogP contribution in [0.1, 0.15) is 31.0 Å². The van der Waals surface area contributed by atoms with Crippen molar-refractivity contribution < 1.29 is 13.9 Å². The molecule has 3 unspecified atom stereocenters. The lowest BCUT2D eigenvalue weighted by atomic mass is 10.0. The number of aliphatic hydroxyl groups is 1. The molecule has 5 heteroatoms. The van der Waals surface area contributed by atoms with Gasteiger partial charge in [0.25, 0.3) is 0 Å². The number of aliphatic hydroxyl groups excluding tert-OH is 1. The number of rotatable bonds is 6. The first kappa shape index (κ1) is 16.4. The van der Waals surface area contributed by atoms with Crippen LogP contribution in [0.25, 0.3) is 0 Å². The Labute approximate surface area is 117 Å². The fraction of sp³-hybridized carbons (Fsp3) is 0.571. The Balaban J connectivity index is 2.83. The third-order valence-corrected chi connectivity index (χ3v) is 4.46. The van der Waals surface area contributed by atoms with Gasteiger partial charge in [0.1, 0.15) is 11.6 Å². The molecule has 2 nitrogen and oxygen atoms in total. The van der Waals surface area contributed by atoms with Gasteiger partial charge in [-0.1, -0.05) is 0 Å². The van der Waals surface area contributed by atoms with Crippen molar-refractivity contribution >= 4 is 11.8 Å². The molecule has 108 valence electrons. The predicted octanol–water partition coefficient (Wildman–Crippen LogP) is 3.04. The number of thioether (sulfide) groups is 1. The second-order valence-electron chi connectivity index (χ2n) is 4.76. The number of aryl methyl sites for hydroxylation is 1. The lowest BCUT2D eigenvalue weighted by Crippen LogP contribution is -2.39. The minimum Gasteiger partial charge on any atom is -0.395 e. The van der Waals surface area contributed by atoms with Crippen molar-refractivity contribution in [3.05, 3.63) is 34.9 Å². The SMILES string of the molecule is CSC(CO)C(C)NC(C)c1cc(F)c(C)cc1F. The number of benzene rings is 1. The molecule has 0 spiro atoms. The van der Waals surface area contributed by atoms with Gasteiger partial charge in [-0.05, 0) is 44.7 Å². The average Bonchev–Trinajstić information content (AvgIpc) is 2.35. The van der Waals surface area contributed by atoms with Gasteiger partial charge in [-0.15, -0.1) is 0 Å². The van der Waals surface area contributed by atoms with Gasteiger partial charge in [-0.2, -0.15) is 11.8 Å². The van der Waals surface area contributed by atoms with E-state index in [0.29, 0.717) is 11.1 Å². The molecule has 0 radical (unpaired) electrons. The van der Waals surface area contributed by atoms with Crippen molar-refractivity contribution in [2.75, 3.05) is 12.9 Å². The van der Waals surface area contributed by atoms with Gasteiger partial charge in [0.2, 0.25) is 0 Å². The van der Waals surface area contributed by atoms with Crippen LogP contribution in [-0.4, -0.2) is 29.3 Å². The number of hydrogen-bond donors (Lipinski definition) is 2. The fourth-order valence-electron chi connectivity index (χ4n) is 2.02. The predicted molar refractivity (Wildman–Crippen MR) is 76.5 cm³/mol. The molecule has 0 saturated heterocycles. The summed E-state index contributed by atoms with van der Waals surface area (Å²) in [6.45, 7) is 5.31. The molecule has 0 fully saturated rings. The molecule has 1 aromatic carbocycles. The molecule has 1 rings (SSSR count). The van der Waals surface area contributed by atoms with E-state index in [2.05, 4.69) is 5.32 Å². The standard InChI is InChI=1S/C14H21F2NOS/c1-8-5-13(16)11(6-12(8)15)9(2)17-10(3)14(7-18)19-4/h5-6,9-10,14,17-18H,7H2,1-4H3. The molecule has 0 bridgehead atoms. The third kappa shape index (κ3) is 4.16. The zero-order valence-corrected chi connectivity index (χ0v) is 12.5. The normalized spacial score (nSPS) is 16.2. The molecule has 0 aliphatic carbocycles. The van der Waals surface area contributed by atoms with E-state index in [1.54, 1.807) is 25.6 Å². The van der Waals surface area contributed by atoms with Crippen LogP contribution < -0.4 is 5.32 Å². The fourth-order valence-corrected chi connectivity index (χ4v) is 2.66. The Morgan fingerprint density at radius 1 is 1.26 bits per heavy atom. The summed E-state index contributed by atoms with van der Waals surface area (Å²) in [5.74, 6) is -0.808. The molecule has 0 saturated carbocycles. The maximum absolute atomic E-state index is 13.8. The largest absolute Gasteiger partial charge is 0.395 e. The van der Waals surface area contributed by atoms with Crippen LogP contribution in [0.3, 0.4) is 0 Å². The molecule has 19 heavy (non-hydrogen) atoms. The summed E-state index contributed by atoms with van der Waals surface area (Å²) in [5.41, 5.74) is 0.617. The summed E-state index contributed by atoms with van der Waals surface area (Å²) >= 11 is 1.54. The maximum atomic E-state index is 13.8. The van der Waals surface area contributed by atoms with Gasteiger partial charge in [-0.25, -0.2) is 8.78 Å². The molecular formula is C14H21F2NOS. The monoisotopic (exact) mass is 289 g/mol. The third-order valence-electron chi connectivity index (χ3n) is 3.30. The van der Waals surface area contributed by atoms with Crippen molar-refractivity contribution in [2.45, 2.75) is 38.1 Å². The Bertz CT molecular complexity index is 424. The number of nitrogens with one attached hydrogen (secondary N) is 1. The van der Waals surface area contributed by atoms with E-state index in [4.69, 9.17) is 0 Å². The molecule has 0 aliphatic heterocycles. The number of halogens is 2. The van der Waals surface area contributed by atoms with Gasteiger partial charge in [0, 0.05) is 22.9 Å². The summed E-state index contributed by atoms with van der Waals surface area (Å²) in [5, 5.41) is 12.4. The van der Waals surface area contributed by atoms with Gasteiger partial charge in [0.15, 0.2) is 0 Å². The Kier molecular flexibility index (Phi) is 6.23. The zero-order valence-electron chi connectivity index (χ0n) is 11.7. The van der Waals surface area contributed by atoms with E-state index < -0.39 is 11.6 Å². The van der Waals surface area contributed by atoms with E-state index in [1.807, 2.05) is 13.2 Å². The number of hydrogen-bond acceptors (Lipinski definition) is 3. The van der Waals surface area contributed by atoms with Crippen LogP contribution in [0.2, 0.25) is 0 Å². The first-order chi connectivity index (χ1) is 8.90. The van der Waals surface area contributed by atoms with Gasteiger partial charge in [-0.3, -0.25) is 0 Å². The molecule has 0 aromatic heterocycles. The van der Waals surface area contributed by atoms with E-state index in [0.717, 1.165) is 0 Å². The van der Waals surface area contributed by atoms with Crippen LogP contribution in [-0.2, 0) is 0 Å². The Morgan fingerprint density at radius 3 is 2.42 bits per heavy atom. The van der Waals surface area contributed by atoms with Crippen LogP contribution in [0.4, 0.5) is 8.78 Å². The van der Waals surface area contributed by atoms with Crippen molar-refractivity contribution in [3.8, 4) is 0 Å². The molecule has 0 aliphatic rings. The van der Waals surface area contributed by atoms with Gasteiger partial charge >= 0.3 is 0 Å². The molecule has 0 heterocycles. The topological polar surface area (TPSA) is 32.3 Å². The van der Waals surface area contributed by atoms with E-state index in [9.17, 15) is 13.9 Å². The van der Waals surface area contributed by atoms with Gasteiger partial charge in [0.05, 0.1) is 6.61 Å². The average molecular weight is 289 g/mol. The highest BCUT2D eigenvalue weighted by Crippen LogP contribution is 2.22. The van der Waals surface area contributed by atoms with Gasteiger partial charge < -0.3 is 10.4 Å². The minimum atomic E-state index is -0.407. The second kappa shape index (κ2) is 7.22. The van der Waals surface area contributed by atoms with Crippen molar-refractivity contribution in [3.63, 3.8) is 0 Å². The van der Waals surface area contributed by atoms with Crippen LogP contribution in [0.15, 0.2) is 12.1 Å². The molecule has 3 atom stereocenters. The minimum absolute atomic E-state index is 0.00114. The highest BCUT2D eigenvalue weighted by atomic mass is 32.2. The van der Waals surface area contributed by atoms with Crippen LogP contribution >= 0.6 is 11.8 Å². The molecule has 2 N–H and O–H groups in total. The molecule has 0 amide bonds. The van der Waals surface area contributed by atoms with E-state index in [-0.39, 0.29) is 23.9 Å². The quantitative estimate of drug-likeness (QED) is 0.844. The Morgan fingerprint density at radius 2 is 1.89 bits per heavy atom. The first-order valence-corrected chi connectivity index (χ1v) is 7.54. The summed E-state index contributed by atoms with van der Waals surface area (Å²) in [6.07, 6.45) is 1.91. The lowest BCUT2D eigenvalue weighted by molar-refractivity contribution is 0.271. The van der Waals surface area contributed by atoms with Crippen LogP contribution in [0.5, 0.6) is 0 Å². The maximum Gasteiger partial charge on any atom is 0.128 e. The molecular weight excluding hydrogens is 268 g/mol. The lowest BCUT2D eigenvalue weighted by Gasteiger charge is -2.26. The summed E-state index contributed by atoms with van der Waals surface area (Å²) < 4.78 is 27.3. The second-order valence-corrected chi connectivity index (χ2v) is 5.83. The smallest absolute Gasteiger partial charge is 0.128 e. The van der Waals surface area contributed by atoms with Crippen molar-refractivity contribution in [1.29, 1.82) is 0 Å².